The second kappa shape index (κ2) is 6.19. The molecule has 2 aliphatic rings. The molecule has 1 N–H and O–H groups in total. The van der Waals surface area contributed by atoms with Gasteiger partial charge in [-0.1, -0.05) is 26.7 Å². The first-order chi connectivity index (χ1) is 8.20. The van der Waals surface area contributed by atoms with E-state index in [1.165, 1.54) is 51.6 Å². The van der Waals surface area contributed by atoms with Crippen LogP contribution in [0.5, 0.6) is 0 Å². The van der Waals surface area contributed by atoms with Crippen LogP contribution in [0.15, 0.2) is 0 Å². The number of rotatable bonds is 2. The smallest absolute Gasteiger partial charge is 0.0114 e. The number of piperidine rings is 1. The molecule has 0 aromatic rings. The van der Waals surface area contributed by atoms with Gasteiger partial charge in [-0.2, -0.15) is 0 Å². The Morgan fingerprint density at radius 3 is 2.53 bits per heavy atom. The molecular formula is C15H30N2. The Hall–Kier alpha value is -0.0800. The van der Waals surface area contributed by atoms with Gasteiger partial charge in [0.25, 0.3) is 0 Å². The summed E-state index contributed by atoms with van der Waals surface area (Å²) in [5.74, 6) is 1.78. The molecule has 17 heavy (non-hydrogen) atoms. The van der Waals surface area contributed by atoms with Crippen molar-refractivity contribution in [3.05, 3.63) is 0 Å². The van der Waals surface area contributed by atoms with E-state index in [-0.39, 0.29) is 0 Å². The van der Waals surface area contributed by atoms with Crippen molar-refractivity contribution in [2.75, 3.05) is 20.1 Å². The van der Waals surface area contributed by atoms with E-state index in [0.717, 1.165) is 23.9 Å². The molecule has 0 amide bonds. The average Bonchev–Trinajstić information content (AvgIpc) is 2.54. The van der Waals surface area contributed by atoms with Gasteiger partial charge in [0.05, 0.1) is 0 Å². The molecule has 0 spiro atoms. The number of nitrogens with one attached hydrogen (secondary N) is 1. The lowest BCUT2D eigenvalue weighted by Gasteiger charge is -2.41. The molecule has 0 radical (unpaired) electrons. The van der Waals surface area contributed by atoms with Crippen molar-refractivity contribution in [1.29, 1.82) is 0 Å². The lowest BCUT2D eigenvalue weighted by Crippen LogP contribution is -2.50. The van der Waals surface area contributed by atoms with Crippen molar-refractivity contribution in [2.45, 2.75) is 64.5 Å². The van der Waals surface area contributed by atoms with Crippen molar-refractivity contribution in [1.82, 2.24) is 10.2 Å². The van der Waals surface area contributed by atoms with Gasteiger partial charge >= 0.3 is 0 Å². The van der Waals surface area contributed by atoms with Gasteiger partial charge in [0.1, 0.15) is 0 Å². The van der Waals surface area contributed by atoms with Gasteiger partial charge in [-0.05, 0) is 51.1 Å². The van der Waals surface area contributed by atoms with Crippen LogP contribution in [0.1, 0.15) is 52.4 Å². The minimum Gasteiger partial charge on any atom is -0.317 e. The largest absolute Gasteiger partial charge is 0.317 e. The lowest BCUT2D eigenvalue weighted by molar-refractivity contribution is 0.0972. The lowest BCUT2D eigenvalue weighted by atomic mass is 9.91. The van der Waals surface area contributed by atoms with E-state index in [1.54, 1.807) is 0 Å². The van der Waals surface area contributed by atoms with Crippen molar-refractivity contribution in [3.8, 4) is 0 Å². The summed E-state index contributed by atoms with van der Waals surface area (Å²) in [4.78, 5) is 2.79. The highest BCUT2D eigenvalue weighted by molar-refractivity contribution is 4.86. The molecule has 2 heteroatoms. The van der Waals surface area contributed by atoms with Crippen molar-refractivity contribution >= 4 is 0 Å². The molecule has 1 heterocycles. The second-order valence-electron chi connectivity index (χ2n) is 6.42. The van der Waals surface area contributed by atoms with Gasteiger partial charge in [0.15, 0.2) is 0 Å². The third-order valence-corrected chi connectivity index (χ3v) is 5.05. The zero-order valence-electron chi connectivity index (χ0n) is 11.9. The average molecular weight is 238 g/mol. The molecule has 4 unspecified atom stereocenters. The van der Waals surface area contributed by atoms with Crippen LogP contribution in [0.25, 0.3) is 0 Å². The molecule has 1 saturated heterocycles. The second-order valence-corrected chi connectivity index (χ2v) is 6.42. The van der Waals surface area contributed by atoms with Crippen LogP contribution in [-0.4, -0.2) is 37.1 Å². The van der Waals surface area contributed by atoms with Crippen LogP contribution in [0.2, 0.25) is 0 Å². The summed E-state index contributed by atoms with van der Waals surface area (Å²) in [5.41, 5.74) is 0. The van der Waals surface area contributed by atoms with Gasteiger partial charge in [-0.15, -0.1) is 0 Å². The summed E-state index contributed by atoms with van der Waals surface area (Å²) in [6.07, 6.45) is 8.58. The summed E-state index contributed by atoms with van der Waals surface area (Å²) in [5, 5.41) is 3.47. The summed E-state index contributed by atoms with van der Waals surface area (Å²) >= 11 is 0. The normalized spacial score (nSPS) is 41.1. The van der Waals surface area contributed by atoms with Crippen LogP contribution in [0, 0.1) is 11.8 Å². The number of likely N-dealkylation sites (tertiary alicyclic amines) is 1. The van der Waals surface area contributed by atoms with Crippen LogP contribution in [0.4, 0.5) is 0 Å². The van der Waals surface area contributed by atoms with Gasteiger partial charge in [-0.3, -0.25) is 0 Å². The number of nitrogens with zero attached hydrogens (tertiary/aromatic N) is 1. The highest BCUT2D eigenvalue weighted by Crippen LogP contribution is 2.28. The fourth-order valence-corrected chi connectivity index (χ4v) is 3.77. The quantitative estimate of drug-likeness (QED) is 0.744. The van der Waals surface area contributed by atoms with Crippen molar-refractivity contribution < 1.29 is 0 Å². The van der Waals surface area contributed by atoms with E-state index >= 15 is 0 Å². The van der Waals surface area contributed by atoms with Gasteiger partial charge < -0.3 is 10.2 Å². The van der Waals surface area contributed by atoms with E-state index in [0.29, 0.717) is 0 Å². The molecule has 0 bridgehead atoms. The molecule has 4 atom stereocenters. The van der Waals surface area contributed by atoms with Crippen molar-refractivity contribution in [3.63, 3.8) is 0 Å². The third kappa shape index (κ3) is 3.45. The van der Waals surface area contributed by atoms with E-state index in [9.17, 15) is 0 Å². The molecule has 0 aromatic carbocycles. The standard InChI is InChI=1S/C15H30N2/c1-12-5-4-6-14(8-7-12)17-10-9-15(16-3)13(2)11-17/h12-16H,4-11H2,1-3H3. The molecule has 100 valence electrons. The van der Waals surface area contributed by atoms with E-state index in [1.807, 2.05) is 0 Å². The van der Waals surface area contributed by atoms with Gasteiger partial charge in [-0.25, -0.2) is 0 Å². The molecule has 2 nitrogen and oxygen atoms in total. The Morgan fingerprint density at radius 1 is 1.00 bits per heavy atom. The summed E-state index contributed by atoms with van der Waals surface area (Å²) in [6.45, 7) is 7.46. The van der Waals surface area contributed by atoms with Crippen molar-refractivity contribution in [2.24, 2.45) is 11.8 Å². The minimum atomic E-state index is 0.746. The first kappa shape index (κ1) is 13.4. The van der Waals surface area contributed by atoms with Crippen LogP contribution in [0.3, 0.4) is 0 Å². The maximum absolute atomic E-state index is 3.47. The van der Waals surface area contributed by atoms with E-state index in [4.69, 9.17) is 0 Å². The molecule has 2 fully saturated rings. The van der Waals surface area contributed by atoms with Gasteiger partial charge in [0, 0.05) is 18.6 Å². The topological polar surface area (TPSA) is 15.3 Å². The number of hydrogen-bond donors (Lipinski definition) is 1. The predicted molar refractivity (Wildman–Crippen MR) is 74.2 cm³/mol. The Balaban J connectivity index is 1.86. The highest BCUT2D eigenvalue weighted by Gasteiger charge is 2.29. The maximum Gasteiger partial charge on any atom is 0.0114 e. The van der Waals surface area contributed by atoms with Gasteiger partial charge in [0.2, 0.25) is 0 Å². The molecule has 2 rings (SSSR count). The Labute approximate surface area is 107 Å². The molecule has 1 aliphatic heterocycles. The Bertz CT molecular complexity index is 229. The first-order valence-electron chi connectivity index (χ1n) is 7.62. The maximum atomic E-state index is 3.47. The fourth-order valence-electron chi connectivity index (χ4n) is 3.77. The van der Waals surface area contributed by atoms with Crippen LogP contribution < -0.4 is 5.32 Å². The summed E-state index contributed by atoms with van der Waals surface area (Å²) < 4.78 is 0. The zero-order chi connectivity index (χ0) is 12.3. The Kier molecular flexibility index (Phi) is 4.87. The predicted octanol–water partition coefficient (Wildman–Crippen LogP) is 2.89. The van der Waals surface area contributed by atoms with E-state index < -0.39 is 0 Å². The molecule has 1 saturated carbocycles. The minimum absolute atomic E-state index is 0.746. The summed E-state index contributed by atoms with van der Waals surface area (Å²) in [7, 11) is 2.12. The zero-order valence-corrected chi connectivity index (χ0v) is 11.9. The molecular weight excluding hydrogens is 208 g/mol. The van der Waals surface area contributed by atoms with E-state index in [2.05, 4.69) is 31.1 Å². The first-order valence-corrected chi connectivity index (χ1v) is 7.62. The molecule has 1 aliphatic carbocycles. The third-order valence-electron chi connectivity index (χ3n) is 5.05. The highest BCUT2D eigenvalue weighted by atomic mass is 15.2. The number of hydrogen-bond acceptors (Lipinski definition) is 2. The monoisotopic (exact) mass is 238 g/mol. The SMILES string of the molecule is CNC1CCN(C2CCCC(C)CC2)CC1C. The Morgan fingerprint density at radius 2 is 1.82 bits per heavy atom. The van der Waals surface area contributed by atoms with Crippen LogP contribution >= 0.6 is 0 Å². The van der Waals surface area contributed by atoms with Crippen LogP contribution in [-0.2, 0) is 0 Å². The summed E-state index contributed by atoms with van der Waals surface area (Å²) in [6, 6.07) is 1.64. The molecule has 0 aromatic heterocycles. The fraction of sp³-hybridized carbons (Fsp3) is 1.00.